The molecule has 1 unspecified atom stereocenters. The molecule has 0 saturated carbocycles. The van der Waals surface area contributed by atoms with E-state index in [0.29, 0.717) is 13.2 Å². The van der Waals surface area contributed by atoms with Crippen LogP contribution in [0.1, 0.15) is 31.4 Å². The molecular formula is C14H24ClNO2. The van der Waals surface area contributed by atoms with Crippen molar-refractivity contribution in [2.45, 2.75) is 39.3 Å². The summed E-state index contributed by atoms with van der Waals surface area (Å²) >= 11 is 0. The van der Waals surface area contributed by atoms with Crippen LogP contribution in [0.4, 0.5) is 0 Å². The van der Waals surface area contributed by atoms with E-state index in [0.717, 1.165) is 24.2 Å². The molecule has 2 N–H and O–H groups in total. The van der Waals surface area contributed by atoms with Gasteiger partial charge in [-0.2, -0.15) is 0 Å². The second kappa shape index (κ2) is 9.20. The van der Waals surface area contributed by atoms with Gasteiger partial charge in [-0.25, -0.2) is 0 Å². The van der Waals surface area contributed by atoms with Crippen LogP contribution in [0.15, 0.2) is 18.2 Å². The molecule has 0 aliphatic rings. The Balaban J connectivity index is 0.00000289. The molecule has 0 saturated heterocycles. The van der Waals surface area contributed by atoms with E-state index in [2.05, 4.69) is 19.1 Å². The molecule has 4 heteroatoms. The van der Waals surface area contributed by atoms with Crippen LogP contribution in [0.3, 0.4) is 0 Å². The van der Waals surface area contributed by atoms with Crippen LogP contribution in [-0.2, 0) is 17.8 Å². The van der Waals surface area contributed by atoms with Gasteiger partial charge in [0.2, 0.25) is 0 Å². The van der Waals surface area contributed by atoms with Gasteiger partial charge in [-0.05, 0) is 37.5 Å². The Hall–Kier alpha value is -0.770. The number of ether oxygens (including phenoxy) is 2. The van der Waals surface area contributed by atoms with E-state index in [4.69, 9.17) is 15.2 Å². The number of halogens is 1. The van der Waals surface area contributed by atoms with Crippen molar-refractivity contribution in [1.29, 1.82) is 0 Å². The third kappa shape index (κ3) is 5.25. The zero-order valence-electron chi connectivity index (χ0n) is 11.4. The molecule has 0 aliphatic heterocycles. The minimum atomic E-state index is 0. The largest absolute Gasteiger partial charge is 0.494 e. The van der Waals surface area contributed by atoms with Crippen LogP contribution in [-0.4, -0.2) is 19.8 Å². The smallest absolute Gasteiger partial charge is 0.124 e. The molecule has 18 heavy (non-hydrogen) atoms. The van der Waals surface area contributed by atoms with Crippen molar-refractivity contribution in [3.8, 4) is 5.75 Å². The van der Waals surface area contributed by atoms with Gasteiger partial charge in [-0.1, -0.05) is 13.0 Å². The molecule has 104 valence electrons. The third-order valence-corrected chi connectivity index (χ3v) is 2.75. The van der Waals surface area contributed by atoms with E-state index in [1.165, 1.54) is 5.56 Å². The number of benzene rings is 1. The molecule has 1 atom stereocenters. The molecule has 1 aromatic carbocycles. The Bertz CT molecular complexity index is 345. The van der Waals surface area contributed by atoms with Crippen LogP contribution in [0.2, 0.25) is 0 Å². The summed E-state index contributed by atoms with van der Waals surface area (Å²) in [7, 11) is 1.69. The lowest BCUT2D eigenvalue weighted by Gasteiger charge is -2.13. The number of nitrogens with two attached hydrogens (primary N) is 1. The average Bonchev–Trinajstić information content (AvgIpc) is 2.33. The summed E-state index contributed by atoms with van der Waals surface area (Å²) in [5, 5.41) is 0. The van der Waals surface area contributed by atoms with E-state index in [1.807, 2.05) is 13.0 Å². The number of hydrogen-bond donors (Lipinski definition) is 1. The van der Waals surface area contributed by atoms with Gasteiger partial charge in [0.15, 0.2) is 0 Å². The van der Waals surface area contributed by atoms with Crippen molar-refractivity contribution in [3.63, 3.8) is 0 Å². The molecule has 0 heterocycles. The van der Waals surface area contributed by atoms with Crippen molar-refractivity contribution >= 4 is 12.4 Å². The lowest BCUT2D eigenvalue weighted by Crippen LogP contribution is -2.21. The van der Waals surface area contributed by atoms with Crippen molar-refractivity contribution in [3.05, 3.63) is 29.3 Å². The zero-order valence-corrected chi connectivity index (χ0v) is 12.3. The molecule has 0 amide bonds. The standard InChI is InChI=1S/C14H23NO2.ClH/c1-4-13(15)9-11-6-7-14(17-5-2)12(8-11)10-16-3;/h6-8,13H,4-5,9-10,15H2,1-3H3;1H. The van der Waals surface area contributed by atoms with Gasteiger partial charge < -0.3 is 15.2 Å². The first-order valence-electron chi connectivity index (χ1n) is 6.20. The fourth-order valence-electron chi connectivity index (χ4n) is 1.77. The molecule has 3 nitrogen and oxygen atoms in total. The third-order valence-electron chi connectivity index (χ3n) is 2.75. The molecule has 0 fully saturated rings. The van der Waals surface area contributed by atoms with Crippen LogP contribution in [0.5, 0.6) is 5.75 Å². The number of methoxy groups -OCH3 is 1. The zero-order chi connectivity index (χ0) is 12.7. The van der Waals surface area contributed by atoms with Gasteiger partial charge in [-0.15, -0.1) is 12.4 Å². The fraction of sp³-hybridized carbons (Fsp3) is 0.571. The van der Waals surface area contributed by atoms with Gasteiger partial charge in [0.25, 0.3) is 0 Å². The van der Waals surface area contributed by atoms with E-state index < -0.39 is 0 Å². The summed E-state index contributed by atoms with van der Waals surface area (Å²) in [4.78, 5) is 0. The fourth-order valence-corrected chi connectivity index (χ4v) is 1.77. The molecule has 0 radical (unpaired) electrons. The summed E-state index contributed by atoms with van der Waals surface area (Å²) in [6.07, 6.45) is 1.90. The SMILES string of the molecule is CCOc1ccc(CC(N)CC)cc1COC.Cl. The minimum absolute atomic E-state index is 0. The van der Waals surface area contributed by atoms with Crippen molar-refractivity contribution in [2.24, 2.45) is 5.73 Å². The van der Waals surface area contributed by atoms with Gasteiger partial charge in [-0.3, -0.25) is 0 Å². The van der Waals surface area contributed by atoms with Crippen LogP contribution < -0.4 is 10.5 Å². The van der Waals surface area contributed by atoms with E-state index in [1.54, 1.807) is 7.11 Å². The summed E-state index contributed by atoms with van der Waals surface area (Å²) < 4.78 is 10.8. The molecule has 0 aromatic heterocycles. The predicted octanol–water partition coefficient (Wildman–Crippen LogP) is 2.93. The summed E-state index contributed by atoms with van der Waals surface area (Å²) in [6, 6.07) is 6.45. The first-order chi connectivity index (χ1) is 8.21. The second-order valence-electron chi connectivity index (χ2n) is 4.18. The topological polar surface area (TPSA) is 44.5 Å². The minimum Gasteiger partial charge on any atom is -0.494 e. The predicted molar refractivity (Wildman–Crippen MR) is 77.5 cm³/mol. The highest BCUT2D eigenvalue weighted by atomic mass is 35.5. The van der Waals surface area contributed by atoms with Crippen molar-refractivity contribution < 1.29 is 9.47 Å². The molecule has 1 aromatic rings. The first kappa shape index (κ1) is 17.2. The Labute approximate surface area is 116 Å². The molecule has 0 bridgehead atoms. The lowest BCUT2D eigenvalue weighted by atomic mass is 10.0. The Morgan fingerprint density at radius 1 is 1.28 bits per heavy atom. The highest BCUT2D eigenvalue weighted by Gasteiger charge is 2.07. The number of hydrogen-bond acceptors (Lipinski definition) is 3. The van der Waals surface area contributed by atoms with Crippen molar-refractivity contribution in [1.82, 2.24) is 0 Å². The van der Waals surface area contributed by atoms with Crippen molar-refractivity contribution in [2.75, 3.05) is 13.7 Å². The molecule has 1 rings (SSSR count). The van der Waals surface area contributed by atoms with Gasteiger partial charge in [0.05, 0.1) is 13.2 Å². The van der Waals surface area contributed by atoms with E-state index >= 15 is 0 Å². The van der Waals surface area contributed by atoms with Gasteiger partial charge in [0.1, 0.15) is 5.75 Å². The lowest BCUT2D eigenvalue weighted by molar-refractivity contribution is 0.180. The van der Waals surface area contributed by atoms with Crippen LogP contribution >= 0.6 is 12.4 Å². The highest BCUT2D eigenvalue weighted by molar-refractivity contribution is 5.85. The highest BCUT2D eigenvalue weighted by Crippen LogP contribution is 2.22. The summed E-state index contributed by atoms with van der Waals surface area (Å²) in [6.45, 7) is 5.34. The number of rotatable bonds is 7. The summed E-state index contributed by atoms with van der Waals surface area (Å²) in [5.41, 5.74) is 8.30. The maximum Gasteiger partial charge on any atom is 0.124 e. The summed E-state index contributed by atoms with van der Waals surface area (Å²) in [5.74, 6) is 0.906. The Morgan fingerprint density at radius 2 is 2.00 bits per heavy atom. The maximum absolute atomic E-state index is 5.96. The van der Waals surface area contributed by atoms with Gasteiger partial charge in [0, 0.05) is 18.7 Å². The molecule has 0 aliphatic carbocycles. The van der Waals surface area contributed by atoms with Crippen LogP contribution in [0, 0.1) is 0 Å². The van der Waals surface area contributed by atoms with Crippen LogP contribution in [0.25, 0.3) is 0 Å². The normalized spacial score (nSPS) is 11.8. The Kier molecular flexibility index (Phi) is 8.81. The average molecular weight is 274 g/mol. The Morgan fingerprint density at radius 3 is 2.56 bits per heavy atom. The molecular weight excluding hydrogens is 250 g/mol. The van der Waals surface area contributed by atoms with Gasteiger partial charge >= 0.3 is 0 Å². The van der Waals surface area contributed by atoms with E-state index in [-0.39, 0.29) is 18.4 Å². The monoisotopic (exact) mass is 273 g/mol. The second-order valence-corrected chi connectivity index (χ2v) is 4.18. The quantitative estimate of drug-likeness (QED) is 0.831. The first-order valence-corrected chi connectivity index (χ1v) is 6.20. The maximum atomic E-state index is 5.96. The van der Waals surface area contributed by atoms with E-state index in [9.17, 15) is 0 Å². The molecule has 0 spiro atoms.